The van der Waals surface area contributed by atoms with Crippen molar-refractivity contribution in [3.8, 4) is 22.7 Å². The lowest BCUT2D eigenvalue weighted by atomic mass is 10.0. The molecule has 3 aromatic heterocycles. The third-order valence-corrected chi connectivity index (χ3v) is 6.53. The Morgan fingerprint density at radius 1 is 1.24 bits per heavy atom. The van der Waals surface area contributed by atoms with E-state index in [1.54, 1.807) is 10.6 Å². The summed E-state index contributed by atoms with van der Waals surface area (Å²) in [7, 11) is 1.32. The number of aryl methyl sites for hydroxylation is 1. The van der Waals surface area contributed by atoms with Crippen LogP contribution in [0.3, 0.4) is 0 Å². The van der Waals surface area contributed by atoms with Crippen molar-refractivity contribution in [2.24, 2.45) is 0 Å². The second kappa shape index (κ2) is 9.80. The second-order valence-corrected chi connectivity index (χ2v) is 9.86. The van der Waals surface area contributed by atoms with Gasteiger partial charge in [0.2, 0.25) is 5.89 Å². The normalized spacial score (nSPS) is 16.3. The second-order valence-electron chi connectivity index (χ2n) is 9.86. The van der Waals surface area contributed by atoms with Gasteiger partial charge in [0.15, 0.2) is 0 Å². The molecule has 4 aromatic rings. The van der Waals surface area contributed by atoms with E-state index in [2.05, 4.69) is 9.97 Å². The van der Waals surface area contributed by atoms with E-state index in [1.807, 2.05) is 19.1 Å². The minimum Gasteiger partial charge on any atom is -0.453 e. The Labute approximate surface area is 217 Å². The van der Waals surface area contributed by atoms with Gasteiger partial charge in [-0.1, -0.05) is 0 Å². The van der Waals surface area contributed by atoms with E-state index in [-0.39, 0.29) is 41.4 Å². The molecule has 1 aromatic carbocycles. The Kier molecular flexibility index (Phi) is 6.66. The first kappa shape index (κ1) is 25.8. The number of methoxy groups -OCH3 is 1. The third-order valence-electron chi connectivity index (χ3n) is 6.53. The lowest BCUT2D eigenvalue weighted by Gasteiger charge is -2.32. The largest absolute Gasteiger partial charge is 0.453 e. The first-order chi connectivity index (χ1) is 18.0. The zero-order valence-corrected chi connectivity index (χ0v) is 21.5. The summed E-state index contributed by atoms with van der Waals surface area (Å²) in [6, 6.07) is 5.97. The molecule has 1 fully saturated rings. The summed E-state index contributed by atoms with van der Waals surface area (Å²) >= 11 is 0. The number of fused-ring (bicyclic) bond motifs is 1. The molecule has 0 bridgehead atoms. The van der Waals surface area contributed by atoms with Crippen molar-refractivity contribution in [1.29, 1.82) is 0 Å². The van der Waals surface area contributed by atoms with Crippen LogP contribution in [0.15, 0.2) is 41.1 Å². The standard InChI is InChI=1S/C27H28F2N4O5/c1-15-5-6-33-20(12-17-13-32(7-8-37-17)26(34)36-4)24(31-22(33)9-15)23-18(28)10-16(11-19(23)29)25-30-21(14-38-25)27(2,3)35/h5-6,9-11,14,17,35H,7-8,12-13H2,1-4H3/t17-/m0/s1. The predicted octanol–water partition coefficient (Wildman–Crippen LogP) is 4.48. The summed E-state index contributed by atoms with van der Waals surface area (Å²) in [5, 5.41) is 10.1. The number of halogens is 2. The summed E-state index contributed by atoms with van der Waals surface area (Å²) < 4.78 is 49.1. The predicted molar refractivity (Wildman–Crippen MR) is 133 cm³/mol. The van der Waals surface area contributed by atoms with Crippen LogP contribution in [0.2, 0.25) is 0 Å². The molecule has 38 heavy (non-hydrogen) atoms. The van der Waals surface area contributed by atoms with Gasteiger partial charge in [-0.2, -0.15) is 0 Å². The number of benzene rings is 1. The van der Waals surface area contributed by atoms with Gasteiger partial charge in [0.05, 0.1) is 43.3 Å². The number of pyridine rings is 1. The van der Waals surface area contributed by atoms with Crippen molar-refractivity contribution in [2.75, 3.05) is 26.8 Å². The molecule has 0 radical (unpaired) electrons. The number of oxazole rings is 1. The van der Waals surface area contributed by atoms with Crippen LogP contribution in [0.4, 0.5) is 13.6 Å². The maximum Gasteiger partial charge on any atom is 0.409 e. The number of nitrogens with zero attached hydrogens (tertiary/aromatic N) is 4. The van der Waals surface area contributed by atoms with Crippen molar-refractivity contribution in [3.05, 3.63) is 65.3 Å². The van der Waals surface area contributed by atoms with Gasteiger partial charge in [0, 0.05) is 24.7 Å². The highest BCUT2D eigenvalue weighted by Crippen LogP contribution is 2.34. The molecule has 1 saturated heterocycles. The number of amides is 1. The van der Waals surface area contributed by atoms with Gasteiger partial charge in [-0.05, 0) is 50.6 Å². The summed E-state index contributed by atoms with van der Waals surface area (Å²) in [5.41, 5.74) is 0.916. The maximum absolute atomic E-state index is 15.6. The van der Waals surface area contributed by atoms with Crippen molar-refractivity contribution < 1.29 is 32.6 Å². The summed E-state index contributed by atoms with van der Waals surface area (Å²) in [5.74, 6) is -1.70. The molecule has 9 nitrogen and oxygen atoms in total. The van der Waals surface area contributed by atoms with Gasteiger partial charge in [0.1, 0.15) is 34.8 Å². The van der Waals surface area contributed by atoms with E-state index in [0.29, 0.717) is 24.5 Å². The number of imidazole rings is 1. The fraction of sp³-hybridized carbons (Fsp3) is 0.370. The number of aliphatic hydroxyl groups is 1. The highest BCUT2D eigenvalue weighted by molar-refractivity contribution is 5.71. The molecule has 4 heterocycles. The summed E-state index contributed by atoms with van der Waals surface area (Å²) in [4.78, 5) is 22.4. The fourth-order valence-electron chi connectivity index (χ4n) is 4.56. The van der Waals surface area contributed by atoms with Gasteiger partial charge in [-0.3, -0.25) is 0 Å². The molecular weight excluding hydrogens is 498 g/mol. The molecule has 1 aliphatic heterocycles. The molecular formula is C27H28F2N4O5. The Morgan fingerprint density at radius 2 is 1.97 bits per heavy atom. The number of carbonyl (C=O) groups is 1. The van der Waals surface area contributed by atoms with E-state index in [4.69, 9.17) is 13.9 Å². The third kappa shape index (κ3) is 4.86. The van der Waals surface area contributed by atoms with Crippen LogP contribution in [0.1, 0.15) is 30.8 Å². The van der Waals surface area contributed by atoms with Crippen molar-refractivity contribution >= 4 is 11.7 Å². The maximum atomic E-state index is 15.6. The van der Waals surface area contributed by atoms with E-state index < -0.39 is 29.4 Å². The van der Waals surface area contributed by atoms with Crippen LogP contribution in [0, 0.1) is 18.6 Å². The van der Waals surface area contributed by atoms with Gasteiger partial charge < -0.3 is 28.3 Å². The Bertz CT molecular complexity index is 1480. The van der Waals surface area contributed by atoms with Gasteiger partial charge in [0.25, 0.3) is 0 Å². The first-order valence-electron chi connectivity index (χ1n) is 12.2. The summed E-state index contributed by atoms with van der Waals surface area (Å²) in [6.45, 7) is 5.94. The van der Waals surface area contributed by atoms with Gasteiger partial charge in [-0.15, -0.1) is 0 Å². The molecule has 5 rings (SSSR count). The molecule has 0 unspecified atom stereocenters. The fourth-order valence-corrected chi connectivity index (χ4v) is 4.56. The number of carbonyl (C=O) groups excluding carboxylic acids is 1. The SMILES string of the molecule is COC(=O)N1CCO[C@@H](Cc2c(-c3c(F)cc(-c4nc(C(C)(C)O)co4)cc3F)nc3cc(C)ccn23)C1. The topological polar surface area (TPSA) is 102 Å². The number of hydrogen-bond donors (Lipinski definition) is 1. The van der Waals surface area contributed by atoms with Crippen molar-refractivity contribution in [1.82, 2.24) is 19.3 Å². The molecule has 1 amide bonds. The molecule has 200 valence electrons. The van der Waals surface area contributed by atoms with Crippen LogP contribution in [0.25, 0.3) is 28.4 Å². The lowest BCUT2D eigenvalue weighted by molar-refractivity contribution is -0.0241. The Balaban J connectivity index is 1.56. The van der Waals surface area contributed by atoms with Crippen LogP contribution >= 0.6 is 0 Å². The quantitative estimate of drug-likeness (QED) is 0.409. The average Bonchev–Trinajstić information content (AvgIpc) is 3.49. The van der Waals surface area contributed by atoms with Crippen molar-refractivity contribution in [2.45, 2.75) is 38.9 Å². The van der Waals surface area contributed by atoms with Crippen LogP contribution < -0.4 is 0 Å². The van der Waals surface area contributed by atoms with Crippen LogP contribution in [-0.2, 0) is 21.5 Å². The zero-order valence-electron chi connectivity index (χ0n) is 21.5. The molecule has 11 heteroatoms. The van der Waals surface area contributed by atoms with Gasteiger partial charge in [-0.25, -0.2) is 23.5 Å². The summed E-state index contributed by atoms with van der Waals surface area (Å²) in [6.07, 6.45) is 2.41. The van der Waals surface area contributed by atoms with Crippen LogP contribution in [0.5, 0.6) is 0 Å². The minimum atomic E-state index is -1.27. The number of rotatable bonds is 5. The smallest absolute Gasteiger partial charge is 0.409 e. The van der Waals surface area contributed by atoms with Crippen molar-refractivity contribution in [3.63, 3.8) is 0 Å². The number of morpholine rings is 1. The van der Waals surface area contributed by atoms with E-state index in [9.17, 15) is 9.90 Å². The molecule has 0 spiro atoms. The molecule has 1 atom stereocenters. The van der Waals surface area contributed by atoms with Crippen LogP contribution in [-0.4, -0.2) is 63.4 Å². The highest BCUT2D eigenvalue weighted by atomic mass is 19.1. The molecule has 0 aliphatic carbocycles. The first-order valence-corrected chi connectivity index (χ1v) is 12.2. The monoisotopic (exact) mass is 526 g/mol. The zero-order chi connectivity index (χ0) is 27.2. The molecule has 1 aliphatic rings. The number of hydrogen-bond acceptors (Lipinski definition) is 7. The molecule has 1 N–H and O–H groups in total. The number of aromatic nitrogens is 3. The van der Waals surface area contributed by atoms with E-state index >= 15 is 8.78 Å². The lowest BCUT2D eigenvalue weighted by Crippen LogP contribution is -2.46. The molecule has 0 saturated carbocycles. The Hall–Kier alpha value is -3.83. The van der Waals surface area contributed by atoms with E-state index in [1.165, 1.54) is 32.1 Å². The Morgan fingerprint density at radius 3 is 2.63 bits per heavy atom. The number of ether oxygens (including phenoxy) is 2. The average molecular weight is 527 g/mol. The highest BCUT2D eigenvalue weighted by Gasteiger charge is 2.29. The van der Waals surface area contributed by atoms with Gasteiger partial charge >= 0.3 is 6.09 Å². The van der Waals surface area contributed by atoms with E-state index in [0.717, 1.165) is 17.7 Å². The minimum absolute atomic E-state index is 0.0177.